The molecule has 0 saturated carbocycles. The monoisotopic (exact) mass is 305 g/mol. The van der Waals surface area contributed by atoms with Gasteiger partial charge in [-0.2, -0.15) is 0 Å². The number of hydrogen-bond acceptors (Lipinski definition) is 4. The predicted molar refractivity (Wildman–Crippen MR) is 87.6 cm³/mol. The fourth-order valence-electron chi connectivity index (χ4n) is 2.87. The molecule has 0 bridgehead atoms. The first-order valence-corrected chi connectivity index (χ1v) is 8.13. The maximum Gasteiger partial charge on any atom is 0.241 e. The molecule has 0 spiro atoms. The number of nitrogens with one attached hydrogen (secondary N) is 2. The van der Waals surface area contributed by atoms with E-state index in [2.05, 4.69) is 24.7 Å². The number of hydrogen-bond donors (Lipinski definition) is 2. The third-order valence-corrected chi connectivity index (χ3v) is 4.02. The summed E-state index contributed by atoms with van der Waals surface area (Å²) in [5, 5.41) is 0. The maximum atomic E-state index is 12.6. The molecule has 122 valence electrons. The van der Waals surface area contributed by atoms with Crippen LogP contribution in [0.2, 0.25) is 0 Å². The van der Waals surface area contributed by atoms with Crippen molar-refractivity contribution in [1.29, 1.82) is 0 Å². The molecule has 1 heterocycles. The van der Waals surface area contributed by atoms with Gasteiger partial charge in [0.05, 0.1) is 7.11 Å². The molecule has 0 aromatic heterocycles. The Morgan fingerprint density at radius 3 is 2.36 bits per heavy atom. The largest absolute Gasteiger partial charge is 0.497 e. The van der Waals surface area contributed by atoms with Gasteiger partial charge in [-0.25, -0.2) is 10.9 Å². The van der Waals surface area contributed by atoms with Crippen molar-refractivity contribution in [3.8, 4) is 5.75 Å². The zero-order chi connectivity index (χ0) is 15.9. The summed E-state index contributed by atoms with van der Waals surface area (Å²) in [5.74, 6) is 1.05. The third-order valence-electron chi connectivity index (χ3n) is 4.02. The highest BCUT2D eigenvalue weighted by atomic mass is 16.5. The van der Waals surface area contributed by atoms with Crippen molar-refractivity contribution in [2.45, 2.75) is 45.2 Å². The van der Waals surface area contributed by atoms with Gasteiger partial charge in [-0.1, -0.05) is 26.0 Å². The Hall–Kier alpha value is -1.59. The zero-order valence-electron chi connectivity index (χ0n) is 13.8. The van der Waals surface area contributed by atoms with Crippen LogP contribution in [0.3, 0.4) is 0 Å². The van der Waals surface area contributed by atoms with Crippen molar-refractivity contribution in [1.82, 2.24) is 15.8 Å². The lowest BCUT2D eigenvalue weighted by molar-refractivity contribution is -0.133. The molecule has 1 amide bonds. The average Bonchev–Trinajstić information content (AvgIpc) is 3.04. The van der Waals surface area contributed by atoms with E-state index in [9.17, 15) is 4.79 Å². The van der Waals surface area contributed by atoms with Crippen molar-refractivity contribution in [2.75, 3.05) is 20.2 Å². The van der Waals surface area contributed by atoms with Crippen molar-refractivity contribution in [3.05, 3.63) is 29.8 Å². The molecule has 5 nitrogen and oxygen atoms in total. The topological polar surface area (TPSA) is 53.6 Å². The maximum absolute atomic E-state index is 12.6. The fourth-order valence-corrected chi connectivity index (χ4v) is 2.87. The second kappa shape index (κ2) is 8.15. The Bertz CT molecular complexity index is 469. The van der Waals surface area contributed by atoms with Gasteiger partial charge in [0, 0.05) is 19.1 Å². The molecule has 1 aliphatic rings. The highest BCUT2D eigenvalue weighted by Gasteiger charge is 2.32. The van der Waals surface area contributed by atoms with Gasteiger partial charge in [-0.05, 0) is 37.0 Å². The summed E-state index contributed by atoms with van der Waals surface area (Å²) in [5.41, 5.74) is 7.57. The summed E-state index contributed by atoms with van der Waals surface area (Å²) in [6, 6.07) is 8.00. The first-order chi connectivity index (χ1) is 10.7. The van der Waals surface area contributed by atoms with E-state index in [1.807, 2.05) is 29.2 Å². The zero-order valence-corrected chi connectivity index (χ0v) is 13.8. The van der Waals surface area contributed by atoms with E-state index in [1.165, 1.54) is 5.56 Å². The predicted octanol–water partition coefficient (Wildman–Crippen LogP) is 2.25. The normalized spacial score (nSPS) is 20.9. The molecule has 1 fully saturated rings. The summed E-state index contributed by atoms with van der Waals surface area (Å²) >= 11 is 0. The van der Waals surface area contributed by atoms with Crippen LogP contribution in [0.4, 0.5) is 0 Å². The second-order valence-corrected chi connectivity index (χ2v) is 5.73. The van der Waals surface area contributed by atoms with Crippen LogP contribution >= 0.6 is 0 Å². The van der Waals surface area contributed by atoms with Crippen LogP contribution in [0, 0.1) is 0 Å². The van der Waals surface area contributed by atoms with E-state index in [0.717, 1.165) is 38.1 Å². The molecular formula is C17H27N3O2. The number of hydrazine groups is 1. The van der Waals surface area contributed by atoms with Crippen LogP contribution in [-0.2, 0) is 4.79 Å². The van der Waals surface area contributed by atoms with Crippen LogP contribution in [-0.4, -0.2) is 37.0 Å². The van der Waals surface area contributed by atoms with E-state index in [1.54, 1.807) is 7.11 Å². The van der Waals surface area contributed by atoms with Gasteiger partial charge >= 0.3 is 0 Å². The van der Waals surface area contributed by atoms with Gasteiger partial charge in [0.2, 0.25) is 5.91 Å². The van der Waals surface area contributed by atoms with Crippen molar-refractivity contribution < 1.29 is 9.53 Å². The lowest BCUT2D eigenvalue weighted by Gasteiger charge is -2.24. The van der Waals surface area contributed by atoms with E-state index >= 15 is 0 Å². The minimum atomic E-state index is -0.148. The fraction of sp³-hybridized carbons (Fsp3) is 0.588. The Labute approximate surface area is 133 Å². The summed E-state index contributed by atoms with van der Waals surface area (Å²) in [6.07, 6.45) is 2.76. The number of ether oxygens (including phenoxy) is 1. The summed E-state index contributed by atoms with van der Waals surface area (Å²) in [6.45, 7) is 5.88. The Morgan fingerprint density at radius 1 is 1.18 bits per heavy atom. The number of amides is 1. The van der Waals surface area contributed by atoms with Crippen LogP contribution in [0.5, 0.6) is 5.75 Å². The molecule has 2 atom stereocenters. The lowest BCUT2D eigenvalue weighted by Crippen LogP contribution is -2.46. The van der Waals surface area contributed by atoms with Gasteiger partial charge in [0.25, 0.3) is 0 Å². The molecule has 5 heteroatoms. The second-order valence-electron chi connectivity index (χ2n) is 5.73. The molecule has 2 N–H and O–H groups in total. The molecule has 0 aliphatic carbocycles. The SMILES string of the molecule is CCCN(CCC)C(=O)C1CC(c2ccc(OC)cc2)NN1. The highest BCUT2D eigenvalue weighted by molar-refractivity contribution is 5.82. The van der Waals surface area contributed by atoms with Crippen LogP contribution in [0.1, 0.15) is 44.7 Å². The third kappa shape index (κ3) is 3.99. The van der Waals surface area contributed by atoms with E-state index in [4.69, 9.17) is 4.74 Å². The van der Waals surface area contributed by atoms with Gasteiger partial charge in [0.15, 0.2) is 0 Å². The minimum absolute atomic E-state index is 0.148. The van der Waals surface area contributed by atoms with Gasteiger partial charge in [-0.3, -0.25) is 4.79 Å². The Kier molecular flexibility index (Phi) is 6.21. The molecule has 0 radical (unpaired) electrons. The molecule has 1 aliphatic heterocycles. The minimum Gasteiger partial charge on any atom is -0.497 e. The lowest BCUT2D eigenvalue weighted by atomic mass is 10.0. The van der Waals surface area contributed by atoms with Crippen LogP contribution in [0.25, 0.3) is 0 Å². The highest BCUT2D eigenvalue weighted by Crippen LogP contribution is 2.25. The van der Waals surface area contributed by atoms with Gasteiger partial charge < -0.3 is 9.64 Å². The Balaban J connectivity index is 1.97. The molecule has 22 heavy (non-hydrogen) atoms. The van der Waals surface area contributed by atoms with Crippen molar-refractivity contribution >= 4 is 5.91 Å². The smallest absolute Gasteiger partial charge is 0.241 e. The van der Waals surface area contributed by atoms with Gasteiger partial charge in [-0.15, -0.1) is 0 Å². The molecule has 2 rings (SSSR count). The average molecular weight is 305 g/mol. The Morgan fingerprint density at radius 2 is 1.82 bits per heavy atom. The van der Waals surface area contributed by atoms with E-state index < -0.39 is 0 Å². The summed E-state index contributed by atoms with van der Waals surface area (Å²) in [7, 11) is 1.66. The summed E-state index contributed by atoms with van der Waals surface area (Å²) in [4.78, 5) is 14.6. The first kappa shape index (κ1) is 16.8. The van der Waals surface area contributed by atoms with Crippen LogP contribution in [0.15, 0.2) is 24.3 Å². The van der Waals surface area contributed by atoms with Crippen molar-refractivity contribution in [2.24, 2.45) is 0 Å². The standard InChI is InChI=1S/C17H27N3O2/c1-4-10-20(11-5-2)17(21)16-12-15(18-19-16)13-6-8-14(22-3)9-7-13/h6-9,15-16,18-19H,4-5,10-12H2,1-3H3. The number of carbonyl (C=O) groups excluding carboxylic acids is 1. The molecule has 1 saturated heterocycles. The van der Waals surface area contributed by atoms with E-state index in [-0.39, 0.29) is 18.0 Å². The molecular weight excluding hydrogens is 278 g/mol. The van der Waals surface area contributed by atoms with Crippen LogP contribution < -0.4 is 15.6 Å². The van der Waals surface area contributed by atoms with Gasteiger partial charge in [0.1, 0.15) is 11.8 Å². The number of nitrogens with zero attached hydrogens (tertiary/aromatic N) is 1. The summed E-state index contributed by atoms with van der Waals surface area (Å²) < 4.78 is 5.18. The quantitative estimate of drug-likeness (QED) is 0.811. The van der Waals surface area contributed by atoms with Crippen molar-refractivity contribution in [3.63, 3.8) is 0 Å². The number of benzene rings is 1. The molecule has 2 unspecified atom stereocenters. The first-order valence-electron chi connectivity index (χ1n) is 8.13. The number of carbonyl (C=O) groups is 1. The molecule has 1 aromatic carbocycles. The van der Waals surface area contributed by atoms with E-state index in [0.29, 0.717) is 0 Å². The number of methoxy groups -OCH3 is 1. The number of rotatable bonds is 7. The molecule has 1 aromatic rings.